The molecule has 1 heterocycles. The standard InChI is InChI=1S/C15H22N2O3S/c1-5-10(2)16-21(19,20)14-6-7-15-13(9-14)8-11(3)17(15)12(4)18/h6-7,9-11,16H,5,8H2,1-4H3/t10-,11-/m0/s1. The molecule has 1 aliphatic rings. The molecule has 0 bridgehead atoms. The minimum absolute atomic E-state index is 0.0189. The molecule has 0 aromatic heterocycles. The van der Waals surface area contributed by atoms with E-state index in [0.29, 0.717) is 6.42 Å². The Hall–Kier alpha value is -1.40. The van der Waals surface area contributed by atoms with Gasteiger partial charge in [0.1, 0.15) is 0 Å². The van der Waals surface area contributed by atoms with Crippen molar-refractivity contribution >= 4 is 21.6 Å². The molecule has 1 aromatic carbocycles. The minimum atomic E-state index is -3.50. The van der Waals surface area contributed by atoms with Gasteiger partial charge in [-0.2, -0.15) is 0 Å². The first kappa shape index (κ1) is 16.0. The zero-order valence-corrected chi connectivity index (χ0v) is 13.7. The zero-order chi connectivity index (χ0) is 15.8. The van der Waals surface area contributed by atoms with E-state index < -0.39 is 10.0 Å². The molecule has 0 saturated carbocycles. The fourth-order valence-electron chi connectivity index (χ4n) is 2.67. The second-order valence-corrected chi connectivity index (χ2v) is 7.38. The van der Waals surface area contributed by atoms with E-state index in [1.54, 1.807) is 23.1 Å². The number of nitrogens with one attached hydrogen (secondary N) is 1. The van der Waals surface area contributed by atoms with Crippen molar-refractivity contribution in [2.45, 2.75) is 57.5 Å². The van der Waals surface area contributed by atoms with Gasteiger partial charge in [0, 0.05) is 24.7 Å². The number of nitrogens with zero attached hydrogens (tertiary/aromatic N) is 1. The molecule has 2 atom stereocenters. The fourth-order valence-corrected chi connectivity index (χ4v) is 4.05. The number of amides is 1. The van der Waals surface area contributed by atoms with E-state index in [1.807, 2.05) is 20.8 Å². The van der Waals surface area contributed by atoms with Crippen molar-refractivity contribution in [2.75, 3.05) is 4.90 Å². The molecule has 116 valence electrons. The second-order valence-electron chi connectivity index (χ2n) is 5.66. The molecule has 0 saturated heterocycles. The number of benzene rings is 1. The van der Waals surface area contributed by atoms with E-state index in [9.17, 15) is 13.2 Å². The van der Waals surface area contributed by atoms with Crippen LogP contribution in [-0.4, -0.2) is 26.4 Å². The molecule has 6 heteroatoms. The van der Waals surface area contributed by atoms with Gasteiger partial charge in [-0.1, -0.05) is 6.92 Å². The summed E-state index contributed by atoms with van der Waals surface area (Å²) >= 11 is 0. The summed E-state index contributed by atoms with van der Waals surface area (Å²) in [5.41, 5.74) is 1.72. The van der Waals surface area contributed by atoms with Crippen LogP contribution in [0, 0.1) is 0 Å². The average molecular weight is 310 g/mol. The Morgan fingerprint density at radius 1 is 1.48 bits per heavy atom. The van der Waals surface area contributed by atoms with Gasteiger partial charge < -0.3 is 4.90 Å². The van der Waals surface area contributed by atoms with Gasteiger partial charge in [-0.3, -0.25) is 4.79 Å². The van der Waals surface area contributed by atoms with Gasteiger partial charge in [-0.25, -0.2) is 13.1 Å². The summed E-state index contributed by atoms with van der Waals surface area (Å²) in [7, 11) is -3.50. The lowest BCUT2D eigenvalue weighted by Gasteiger charge is -2.20. The first-order valence-electron chi connectivity index (χ1n) is 7.21. The highest BCUT2D eigenvalue weighted by Crippen LogP contribution is 2.33. The van der Waals surface area contributed by atoms with Crippen molar-refractivity contribution in [2.24, 2.45) is 0 Å². The number of sulfonamides is 1. The van der Waals surface area contributed by atoms with Crippen molar-refractivity contribution in [3.63, 3.8) is 0 Å². The van der Waals surface area contributed by atoms with Gasteiger partial charge in [0.15, 0.2) is 0 Å². The smallest absolute Gasteiger partial charge is 0.240 e. The lowest BCUT2D eigenvalue weighted by molar-refractivity contribution is -0.116. The number of fused-ring (bicyclic) bond motifs is 1. The highest BCUT2D eigenvalue weighted by molar-refractivity contribution is 7.89. The number of hydrogen-bond donors (Lipinski definition) is 1. The molecular formula is C15H22N2O3S. The molecule has 0 fully saturated rings. The Kier molecular flexibility index (Phi) is 4.39. The first-order chi connectivity index (χ1) is 9.76. The molecule has 5 nitrogen and oxygen atoms in total. The molecule has 2 rings (SSSR count). The summed E-state index contributed by atoms with van der Waals surface area (Å²) in [5, 5.41) is 0. The Balaban J connectivity index is 2.36. The van der Waals surface area contributed by atoms with Crippen LogP contribution in [0.25, 0.3) is 0 Å². The van der Waals surface area contributed by atoms with Crippen molar-refractivity contribution in [1.29, 1.82) is 0 Å². The molecule has 1 N–H and O–H groups in total. The van der Waals surface area contributed by atoms with Gasteiger partial charge >= 0.3 is 0 Å². The van der Waals surface area contributed by atoms with Gasteiger partial charge in [-0.15, -0.1) is 0 Å². The van der Waals surface area contributed by atoms with E-state index in [0.717, 1.165) is 17.7 Å². The summed E-state index contributed by atoms with van der Waals surface area (Å²) in [6.45, 7) is 7.26. The van der Waals surface area contributed by atoms with Crippen LogP contribution in [0.2, 0.25) is 0 Å². The largest absolute Gasteiger partial charge is 0.309 e. The molecule has 1 amide bonds. The summed E-state index contributed by atoms with van der Waals surface area (Å²) in [5.74, 6) is -0.0189. The van der Waals surface area contributed by atoms with Crippen LogP contribution in [0.5, 0.6) is 0 Å². The quantitative estimate of drug-likeness (QED) is 0.925. The molecular weight excluding hydrogens is 288 g/mol. The summed E-state index contributed by atoms with van der Waals surface area (Å²) in [6.07, 6.45) is 1.42. The molecule has 1 aliphatic heterocycles. The lowest BCUT2D eigenvalue weighted by Crippen LogP contribution is -2.33. The van der Waals surface area contributed by atoms with Crippen LogP contribution < -0.4 is 9.62 Å². The zero-order valence-electron chi connectivity index (χ0n) is 12.9. The molecule has 0 radical (unpaired) electrons. The average Bonchev–Trinajstić information content (AvgIpc) is 2.72. The number of anilines is 1. The van der Waals surface area contributed by atoms with E-state index in [4.69, 9.17) is 0 Å². The third kappa shape index (κ3) is 3.11. The molecule has 0 spiro atoms. The molecule has 1 aromatic rings. The first-order valence-corrected chi connectivity index (χ1v) is 8.69. The third-order valence-corrected chi connectivity index (χ3v) is 5.47. The summed E-state index contributed by atoms with van der Waals surface area (Å²) in [6, 6.07) is 4.94. The van der Waals surface area contributed by atoms with Crippen LogP contribution in [0.1, 0.15) is 39.7 Å². The number of carbonyl (C=O) groups is 1. The van der Waals surface area contributed by atoms with Crippen molar-refractivity contribution in [3.8, 4) is 0 Å². The van der Waals surface area contributed by atoms with Crippen molar-refractivity contribution < 1.29 is 13.2 Å². The fraction of sp³-hybridized carbons (Fsp3) is 0.533. The topological polar surface area (TPSA) is 66.5 Å². The van der Waals surface area contributed by atoms with E-state index >= 15 is 0 Å². The summed E-state index contributed by atoms with van der Waals surface area (Å²) in [4.78, 5) is 13.7. The van der Waals surface area contributed by atoms with Crippen LogP contribution in [0.4, 0.5) is 5.69 Å². The highest BCUT2D eigenvalue weighted by Gasteiger charge is 2.30. The SMILES string of the molecule is CC[C@H](C)NS(=O)(=O)c1ccc2c(c1)C[C@H](C)N2C(C)=O. The maximum absolute atomic E-state index is 12.3. The van der Waals surface area contributed by atoms with E-state index in [1.165, 1.54) is 6.92 Å². The van der Waals surface area contributed by atoms with Crippen molar-refractivity contribution in [3.05, 3.63) is 23.8 Å². The second kappa shape index (κ2) is 5.77. The Morgan fingerprint density at radius 3 is 2.71 bits per heavy atom. The van der Waals surface area contributed by atoms with Gasteiger partial charge in [-0.05, 0) is 50.5 Å². The number of rotatable bonds is 4. The molecule has 0 unspecified atom stereocenters. The van der Waals surface area contributed by atoms with Gasteiger partial charge in [0.2, 0.25) is 15.9 Å². The van der Waals surface area contributed by atoms with E-state index in [2.05, 4.69) is 4.72 Å². The Bertz CT molecular complexity index is 655. The van der Waals surface area contributed by atoms with Crippen LogP contribution in [0.15, 0.2) is 23.1 Å². The minimum Gasteiger partial charge on any atom is -0.309 e. The summed E-state index contributed by atoms with van der Waals surface area (Å²) < 4.78 is 27.3. The Labute approximate surface area is 126 Å². The van der Waals surface area contributed by atoms with E-state index in [-0.39, 0.29) is 22.9 Å². The maximum Gasteiger partial charge on any atom is 0.240 e. The van der Waals surface area contributed by atoms with Gasteiger partial charge in [0.25, 0.3) is 0 Å². The van der Waals surface area contributed by atoms with Crippen LogP contribution in [0.3, 0.4) is 0 Å². The molecule has 21 heavy (non-hydrogen) atoms. The normalized spacial score (nSPS) is 19.4. The monoisotopic (exact) mass is 310 g/mol. The number of carbonyl (C=O) groups excluding carboxylic acids is 1. The van der Waals surface area contributed by atoms with Crippen LogP contribution >= 0.6 is 0 Å². The third-order valence-electron chi connectivity index (χ3n) is 3.88. The number of hydrogen-bond acceptors (Lipinski definition) is 3. The maximum atomic E-state index is 12.3. The molecule has 0 aliphatic carbocycles. The predicted molar refractivity (Wildman–Crippen MR) is 82.8 cm³/mol. The highest BCUT2D eigenvalue weighted by atomic mass is 32.2. The Morgan fingerprint density at radius 2 is 2.14 bits per heavy atom. The van der Waals surface area contributed by atoms with Crippen molar-refractivity contribution in [1.82, 2.24) is 4.72 Å². The predicted octanol–water partition coefficient (Wildman–Crippen LogP) is 2.06. The van der Waals surface area contributed by atoms with Gasteiger partial charge in [0.05, 0.1) is 4.90 Å². The van der Waals surface area contributed by atoms with Crippen LogP contribution in [-0.2, 0) is 21.2 Å². The lowest BCUT2D eigenvalue weighted by atomic mass is 10.1.